The molecule has 0 radical (unpaired) electrons. The number of carbonyl (C=O) groups excluding carboxylic acids is 1. The third-order valence-electron chi connectivity index (χ3n) is 7.37. The molecule has 4 aromatic carbocycles. The monoisotopic (exact) mass is 670 g/mol. The summed E-state index contributed by atoms with van der Waals surface area (Å²) < 4.78 is 18.9. The zero-order valence-electron chi connectivity index (χ0n) is 24.9. The molecule has 1 aliphatic heterocycles. The highest BCUT2D eigenvalue weighted by atomic mass is 35.5. The Hall–Kier alpha value is -4.63. The van der Waals surface area contributed by atoms with Crippen molar-refractivity contribution in [2.24, 2.45) is 4.99 Å². The molecule has 0 amide bonds. The molecule has 0 saturated carbocycles. The number of hydrogen-bond donors (Lipinski definition) is 0. The number of ether oxygens (including phenoxy) is 3. The van der Waals surface area contributed by atoms with Crippen molar-refractivity contribution >= 4 is 52.3 Å². The predicted molar refractivity (Wildman–Crippen MR) is 181 cm³/mol. The average Bonchev–Trinajstić information content (AvgIpc) is 3.39. The summed E-state index contributed by atoms with van der Waals surface area (Å²) >= 11 is 13.4. The van der Waals surface area contributed by atoms with E-state index in [9.17, 15) is 9.59 Å². The van der Waals surface area contributed by atoms with Gasteiger partial charge in [0, 0.05) is 5.56 Å². The molecular formula is C36H28Cl2N2O5S. The molecule has 0 unspecified atom stereocenters. The Balaban J connectivity index is 1.42. The van der Waals surface area contributed by atoms with E-state index in [0.717, 1.165) is 22.3 Å². The van der Waals surface area contributed by atoms with E-state index < -0.39 is 12.0 Å². The van der Waals surface area contributed by atoms with E-state index in [2.05, 4.69) is 0 Å². The largest absolute Gasteiger partial charge is 0.497 e. The first-order valence-corrected chi connectivity index (χ1v) is 16.0. The molecule has 0 N–H and O–H groups in total. The Kier molecular flexibility index (Phi) is 9.40. The summed E-state index contributed by atoms with van der Waals surface area (Å²) in [6.07, 6.45) is 1.81. The molecule has 10 heteroatoms. The highest BCUT2D eigenvalue weighted by Crippen LogP contribution is 2.35. The van der Waals surface area contributed by atoms with Crippen LogP contribution in [0.4, 0.5) is 0 Å². The molecule has 1 aliphatic rings. The van der Waals surface area contributed by atoms with Crippen molar-refractivity contribution in [3.05, 3.63) is 155 Å². The number of halogens is 2. The summed E-state index contributed by atoms with van der Waals surface area (Å²) in [4.78, 5) is 33.1. The second kappa shape index (κ2) is 13.8. The molecule has 1 atom stereocenters. The number of fused-ring (bicyclic) bond motifs is 1. The van der Waals surface area contributed by atoms with Crippen LogP contribution in [0, 0.1) is 0 Å². The molecule has 0 aliphatic carbocycles. The molecule has 6 rings (SSSR count). The number of aromatic nitrogens is 1. The number of hydrogen-bond acceptors (Lipinski definition) is 7. The van der Waals surface area contributed by atoms with Gasteiger partial charge in [-0.3, -0.25) is 9.36 Å². The number of nitrogens with zero attached hydrogens (tertiary/aromatic N) is 2. The van der Waals surface area contributed by atoms with Gasteiger partial charge in [0.25, 0.3) is 5.56 Å². The predicted octanol–water partition coefficient (Wildman–Crippen LogP) is 6.83. The lowest BCUT2D eigenvalue weighted by molar-refractivity contribution is -0.138. The molecule has 0 spiro atoms. The van der Waals surface area contributed by atoms with Gasteiger partial charge in [0.05, 0.1) is 45.6 Å². The standard InChI is InChI=1S/C36H28Cl2N2O5S/c1-3-44-35(42)31-32(24-7-5-4-6-8-24)39-36-40(33(31)25-12-16-26(43-2)17-13-25)34(41)30(46-36)20-22-9-14-27(15-10-22)45-21-23-11-18-28(37)29(38)19-23/h4-20,33H,3,21H2,1-2H3/b30-20+/t33-/m1/s1. The average molecular weight is 672 g/mol. The number of rotatable bonds is 9. The normalized spacial score (nSPS) is 14.4. The summed E-state index contributed by atoms with van der Waals surface area (Å²) in [6.45, 7) is 2.26. The van der Waals surface area contributed by atoms with Crippen molar-refractivity contribution in [3.63, 3.8) is 0 Å². The van der Waals surface area contributed by atoms with Gasteiger partial charge in [-0.25, -0.2) is 9.79 Å². The van der Waals surface area contributed by atoms with Gasteiger partial charge in [-0.2, -0.15) is 0 Å². The maximum Gasteiger partial charge on any atom is 0.338 e. The van der Waals surface area contributed by atoms with E-state index in [1.54, 1.807) is 42.9 Å². The Labute approximate surface area is 279 Å². The molecule has 1 aromatic heterocycles. The highest BCUT2D eigenvalue weighted by molar-refractivity contribution is 7.07. The lowest BCUT2D eigenvalue weighted by Crippen LogP contribution is -2.40. The fraction of sp³-hybridized carbons (Fsp3) is 0.139. The first-order valence-electron chi connectivity index (χ1n) is 14.5. The van der Waals surface area contributed by atoms with E-state index in [1.807, 2.05) is 78.9 Å². The lowest BCUT2D eigenvalue weighted by atomic mass is 9.93. The van der Waals surface area contributed by atoms with Crippen LogP contribution >= 0.6 is 34.5 Å². The second-order valence-electron chi connectivity index (χ2n) is 10.3. The minimum atomic E-state index is -0.768. The molecular weight excluding hydrogens is 643 g/mol. The van der Waals surface area contributed by atoms with Crippen LogP contribution < -0.4 is 24.4 Å². The number of thiazole rings is 1. The maximum absolute atomic E-state index is 14.1. The molecule has 2 heterocycles. The van der Waals surface area contributed by atoms with Crippen molar-refractivity contribution in [2.75, 3.05) is 13.7 Å². The zero-order valence-corrected chi connectivity index (χ0v) is 27.2. The van der Waals surface area contributed by atoms with Gasteiger partial charge in [0.15, 0.2) is 4.80 Å². The molecule has 0 fully saturated rings. The van der Waals surface area contributed by atoms with Crippen molar-refractivity contribution in [2.45, 2.75) is 19.6 Å². The van der Waals surface area contributed by atoms with E-state index in [4.69, 9.17) is 42.4 Å². The first-order chi connectivity index (χ1) is 22.4. The van der Waals surface area contributed by atoms with Crippen molar-refractivity contribution < 1.29 is 19.0 Å². The minimum absolute atomic E-state index is 0.178. The van der Waals surface area contributed by atoms with Crippen LogP contribution in [0.3, 0.4) is 0 Å². The highest BCUT2D eigenvalue weighted by Gasteiger charge is 2.35. The van der Waals surface area contributed by atoms with E-state index in [1.165, 1.54) is 11.3 Å². The van der Waals surface area contributed by atoms with Crippen molar-refractivity contribution in [1.29, 1.82) is 0 Å². The van der Waals surface area contributed by atoms with Crippen LogP contribution in [-0.4, -0.2) is 24.3 Å². The molecule has 0 saturated heterocycles. The van der Waals surface area contributed by atoms with Crippen molar-refractivity contribution in [1.82, 2.24) is 4.57 Å². The fourth-order valence-electron chi connectivity index (χ4n) is 5.15. The Morgan fingerprint density at radius 3 is 2.33 bits per heavy atom. The maximum atomic E-state index is 14.1. The van der Waals surface area contributed by atoms with Crippen LogP contribution in [0.25, 0.3) is 11.8 Å². The summed E-state index contributed by atoms with van der Waals surface area (Å²) in [5.41, 5.74) is 3.67. The van der Waals surface area contributed by atoms with Gasteiger partial charge < -0.3 is 14.2 Å². The zero-order chi connectivity index (χ0) is 32.2. The summed E-state index contributed by atoms with van der Waals surface area (Å²) in [6, 6.07) is 28.8. The first kappa shape index (κ1) is 31.4. The van der Waals surface area contributed by atoms with E-state index in [-0.39, 0.29) is 12.2 Å². The minimum Gasteiger partial charge on any atom is -0.497 e. The van der Waals surface area contributed by atoms with Gasteiger partial charge in [-0.1, -0.05) is 95.2 Å². The molecule has 232 valence electrons. The van der Waals surface area contributed by atoms with Gasteiger partial charge >= 0.3 is 5.97 Å². The quantitative estimate of drug-likeness (QED) is 0.161. The van der Waals surface area contributed by atoms with E-state index >= 15 is 0 Å². The summed E-state index contributed by atoms with van der Waals surface area (Å²) in [7, 11) is 1.59. The Morgan fingerprint density at radius 1 is 0.935 bits per heavy atom. The molecule has 0 bridgehead atoms. The molecule has 5 aromatic rings. The van der Waals surface area contributed by atoms with Crippen LogP contribution in [0.5, 0.6) is 11.5 Å². The van der Waals surface area contributed by atoms with Crippen molar-refractivity contribution in [3.8, 4) is 11.5 Å². The second-order valence-corrected chi connectivity index (χ2v) is 12.1. The fourth-order valence-corrected chi connectivity index (χ4v) is 6.47. The number of benzene rings is 4. The summed E-state index contributed by atoms with van der Waals surface area (Å²) in [5, 5.41) is 0.961. The van der Waals surface area contributed by atoms with Gasteiger partial charge in [0.1, 0.15) is 18.1 Å². The van der Waals surface area contributed by atoms with Gasteiger partial charge in [-0.05, 0) is 66.1 Å². The number of methoxy groups -OCH3 is 1. The molecule has 7 nitrogen and oxygen atoms in total. The smallest absolute Gasteiger partial charge is 0.338 e. The SMILES string of the molecule is CCOC(=O)C1=C(c2ccccc2)N=c2s/c(=C/c3ccc(OCc4ccc(Cl)c(Cl)c4)cc3)c(=O)n2[C@@H]1c1ccc(OC)cc1. The Morgan fingerprint density at radius 2 is 1.65 bits per heavy atom. The third-order valence-corrected chi connectivity index (χ3v) is 9.09. The topological polar surface area (TPSA) is 79.1 Å². The van der Waals surface area contributed by atoms with Crippen LogP contribution in [0.1, 0.15) is 35.2 Å². The van der Waals surface area contributed by atoms with Gasteiger partial charge in [-0.15, -0.1) is 0 Å². The number of esters is 1. The summed E-state index contributed by atoms with van der Waals surface area (Å²) in [5.74, 6) is 0.790. The van der Waals surface area contributed by atoms with E-state index in [0.29, 0.717) is 48.8 Å². The third kappa shape index (κ3) is 6.51. The lowest BCUT2D eigenvalue weighted by Gasteiger charge is -2.26. The Bertz CT molecular complexity index is 2110. The van der Waals surface area contributed by atoms with Crippen LogP contribution in [0.2, 0.25) is 10.0 Å². The molecule has 46 heavy (non-hydrogen) atoms. The number of carbonyl (C=O) groups is 1. The van der Waals surface area contributed by atoms with Crippen LogP contribution in [0.15, 0.2) is 112 Å². The van der Waals surface area contributed by atoms with Crippen LogP contribution in [-0.2, 0) is 16.1 Å². The van der Waals surface area contributed by atoms with Gasteiger partial charge in [0.2, 0.25) is 0 Å².